The van der Waals surface area contributed by atoms with Crippen molar-refractivity contribution < 1.29 is 18.0 Å². The summed E-state index contributed by atoms with van der Waals surface area (Å²) < 4.78 is 40.4. The second kappa shape index (κ2) is 5.03. The fourth-order valence-corrected chi connectivity index (χ4v) is 2.68. The summed E-state index contributed by atoms with van der Waals surface area (Å²) in [5, 5.41) is 0. The maximum Gasteiger partial charge on any atom is 0.248 e. The molecule has 1 aliphatic carbocycles. The van der Waals surface area contributed by atoms with E-state index in [0.717, 1.165) is 0 Å². The molecule has 1 unspecified atom stereocenters. The Morgan fingerprint density at radius 1 is 1.39 bits per heavy atom. The average Bonchev–Trinajstić information content (AvgIpc) is 2.30. The Hall–Kier alpha value is -0.840. The van der Waals surface area contributed by atoms with Gasteiger partial charge in [-0.25, -0.2) is 13.2 Å². The van der Waals surface area contributed by atoms with Crippen LogP contribution in [0.4, 0.5) is 13.2 Å². The molecule has 5 heteroatoms. The number of carbonyl (C=O) groups excluding carboxylic acids is 1. The zero-order valence-corrected chi connectivity index (χ0v) is 11.1. The molecule has 0 amide bonds. The first kappa shape index (κ1) is 13.6. The minimum Gasteiger partial charge on any atom is -0.294 e. The van der Waals surface area contributed by atoms with Gasteiger partial charge in [-0.1, -0.05) is 6.07 Å². The lowest BCUT2D eigenvalue weighted by molar-refractivity contribution is -0.0478. The van der Waals surface area contributed by atoms with Crippen LogP contribution in [-0.2, 0) is 0 Å². The largest absolute Gasteiger partial charge is 0.294 e. The first-order valence-electron chi connectivity index (χ1n) is 5.77. The van der Waals surface area contributed by atoms with Crippen LogP contribution in [0.25, 0.3) is 0 Å². The smallest absolute Gasteiger partial charge is 0.248 e. The summed E-state index contributed by atoms with van der Waals surface area (Å²) in [7, 11) is 0. The van der Waals surface area contributed by atoms with Gasteiger partial charge in [0.2, 0.25) is 5.92 Å². The van der Waals surface area contributed by atoms with E-state index in [1.165, 1.54) is 18.2 Å². The topological polar surface area (TPSA) is 17.1 Å². The molecule has 1 aromatic rings. The Kier molecular flexibility index (Phi) is 3.80. The lowest BCUT2D eigenvalue weighted by atomic mass is 9.82. The van der Waals surface area contributed by atoms with Gasteiger partial charge >= 0.3 is 0 Å². The standard InChI is InChI=1S/C13H12BrF3O/c14-10-5-1-4-9(11(10)15)12(18)8-3-2-6-13(16,17)7-8/h1,4-5,8H,2-3,6-7H2. The fraction of sp³-hybridized carbons (Fsp3) is 0.462. The molecular formula is C13H12BrF3O. The molecule has 1 saturated carbocycles. The van der Waals surface area contributed by atoms with E-state index in [1.54, 1.807) is 0 Å². The van der Waals surface area contributed by atoms with Crippen molar-refractivity contribution in [3.63, 3.8) is 0 Å². The Morgan fingerprint density at radius 3 is 2.78 bits per heavy atom. The van der Waals surface area contributed by atoms with Gasteiger partial charge in [0.25, 0.3) is 0 Å². The minimum absolute atomic E-state index is 0.105. The number of benzene rings is 1. The van der Waals surface area contributed by atoms with Crippen molar-refractivity contribution in [1.29, 1.82) is 0 Å². The van der Waals surface area contributed by atoms with E-state index in [-0.39, 0.29) is 16.5 Å². The van der Waals surface area contributed by atoms with Gasteiger partial charge in [-0.15, -0.1) is 0 Å². The fourth-order valence-electron chi connectivity index (χ4n) is 2.31. The van der Waals surface area contributed by atoms with E-state index < -0.39 is 29.9 Å². The van der Waals surface area contributed by atoms with Crippen molar-refractivity contribution in [2.24, 2.45) is 5.92 Å². The molecule has 1 fully saturated rings. The van der Waals surface area contributed by atoms with Crippen LogP contribution in [0.3, 0.4) is 0 Å². The molecule has 1 aliphatic rings. The Bertz CT molecular complexity index is 473. The predicted octanol–water partition coefficient (Wildman–Crippen LogP) is 4.60. The van der Waals surface area contributed by atoms with Crippen molar-refractivity contribution in [3.8, 4) is 0 Å². The normalized spacial score (nSPS) is 22.8. The molecule has 0 spiro atoms. The van der Waals surface area contributed by atoms with E-state index in [0.29, 0.717) is 12.8 Å². The van der Waals surface area contributed by atoms with Gasteiger partial charge < -0.3 is 0 Å². The van der Waals surface area contributed by atoms with Crippen molar-refractivity contribution >= 4 is 21.7 Å². The highest BCUT2D eigenvalue weighted by atomic mass is 79.9. The van der Waals surface area contributed by atoms with Crippen molar-refractivity contribution in [2.75, 3.05) is 0 Å². The Balaban J connectivity index is 2.23. The number of halogens is 4. The van der Waals surface area contributed by atoms with Crippen molar-refractivity contribution in [2.45, 2.75) is 31.6 Å². The van der Waals surface area contributed by atoms with Crippen LogP contribution in [-0.4, -0.2) is 11.7 Å². The second-order valence-electron chi connectivity index (χ2n) is 4.61. The first-order valence-corrected chi connectivity index (χ1v) is 6.56. The maximum absolute atomic E-state index is 13.7. The van der Waals surface area contributed by atoms with Gasteiger partial charge in [-0.2, -0.15) is 0 Å². The van der Waals surface area contributed by atoms with E-state index in [1.807, 2.05) is 0 Å². The number of hydrogen-bond acceptors (Lipinski definition) is 1. The first-order chi connectivity index (χ1) is 8.41. The van der Waals surface area contributed by atoms with Crippen LogP contribution in [0.1, 0.15) is 36.0 Å². The van der Waals surface area contributed by atoms with Crippen LogP contribution < -0.4 is 0 Å². The maximum atomic E-state index is 13.7. The minimum atomic E-state index is -2.80. The molecule has 0 radical (unpaired) electrons. The molecule has 98 valence electrons. The molecule has 0 N–H and O–H groups in total. The molecule has 0 aliphatic heterocycles. The summed E-state index contributed by atoms with van der Waals surface area (Å²) in [6.07, 6.45) is 0.0505. The average molecular weight is 321 g/mol. The molecule has 0 aromatic heterocycles. The van der Waals surface area contributed by atoms with E-state index in [9.17, 15) is 18.0 Å². The molecule has 0 heterocycles. The van der Waals surface area contributed by atoms with E-state index in [2.05, 4.69) is 15.9 Å². The highest BCUT2D eigenvalue weighted by Gasteiger charge is 2.39. The number of rotatable bonds is 2. The number of Topliss-reactive ketones (excluding diaryl/α,β-unsaturated/α-hetero) is 1. The van der Waals surface area contributed by atoms with Gasteiger partial charge in [0.15, 0.2) is 5.78 Å². The quantitative estimate of drug-likeness (QED) is 0.728. The summed E-state index contributed by atoms with van der Waals surface area (Å²) in [6, 6.07) is 4.35. The highest BCUT2D eigenvalue weighted by molar-refractivity contribution is 9.10. The number of ketones is 1. The van der Waals surface area contributed by atoms with Gasteiger partial charge in [0, 0.05) is 18.8 Å². The van der Waals surface area contributed by atoms with E-state index in [4.69, 9.17) is 0 Å². The van der Waals surface area contributed by atoms with Gasteiger partial charge in [-0.05, 0) is 40.9 Å². The molecule has 0 saturated heterocycles. The Labute approximate surface area is 112 Å². The monoisotopic (exact) mass is 320 g/mol. The van der Waals surface area contributed by atoms with Crippen LogP contribution in [0.5, 0.6) is 0 Å². The summed E-state index contributed by atoms with van der Waals surface area (Å²) in [5.74, 6) is -4.77. The molecule has 1 aromatic carbocycles. The Morgan fingerprint density at radius 2 is 2.11 bits per heavy atom. The SMILES string of the molecule is O=C(c1cccc(Br)c1F)C1CCCC(F)(F)C1. The van der Waals surface area contributed by atoms with Crippen LogP contribution in [0, 0.1) is 11.7 Å². The lowest BCUT2D eigenvalue weighted by Crippen LogP contribution is -2.31. The summed E-state index contributed by atoms with van der Waals surface area (Å²) in [6.45, 7) is 0. The third-order valence-corrected chi connectivity index (χ3v) is 3.84. The summed E-state index contributed by atoms with van der Waals surface area (Å²) in [5.41, 5.74) is -0.105. The predicted molar refractivity (Wildman–Crippen MR) is 65.3 cm³/mol. The third-order valence-electron chi connectivity index (χ3n) is 3.23. The molecule has 1 atom stereocenters. The molecule has 1 nitrogen and oxygen atoms in total. The van der Waals surface area contributed by atoms with Crippen LogP contribution in [0.15, 0.2) is 22.7 Å². The number of carbonyl (C=O) groups is 1. The van der Waals surface area contributed by atoms with Crippen molar-refractivity contribution in [1.82, 2.24) is 0 Å². The number of alkyl halides is 2. The zero-order valence-electron chi connectivity index (χ0n) is 9.56. The van der Waals surface area contributed by atoms with Gasteiger partial charge in [0.05, 0.1) is 10.0 Å². The molecule has 0 bridgehead atoms. The molecule has 18 heavy (non-hydrogen) atoms. The second-order valence-corrected chi connectivity index (χ2v) is 5.47. The van der Waals surface area contributed by atoms with E-state index >= 15 is 0 Å². The summed E-state index contributed by atoms with van der Waals surface area (Å²) in [4.78, 5) is 12.1. The van der Waals surface area contributed by atoms with Crippen LogP contribution in [0.2, 0.25) is 0 Å². The zero-order chi connectivity index (χ0) is 13.3. The summed E-state index contributed by atoms with van der Waals surface area (Å²) >= 11 is 2.99. The van der Waals surface area contributed by atoms with Crippen molar-refractivity contribution in [3.05, 3.63) is 34.1 Å². The highest BCUT2D eigenvalue weighted by Crippen LogP contribution is 2.38. The van der Waals surface area contributed by atoms with Gasteiger partial charge in [0.1, 0.15) is 5.82 Å². The lowest BCUT2D eigenvalue weighted by Gasteiger charge is -2.28. The number of hydrogen-bond donors (Lipinski definition) is 0. The molecule has 2 rings (SSSR count). The third kappa shape index (κ3) is 2.76. The van der Waals surface area contributed by atoms with Crippen LogP contribution >= 0.6 is 15.9 Å². The molecular weight excluding hydrogens is 309 g/mol. The van der Waals surface area contributed by atoms with Gasteiger partial charge in [-0.3, -0.25) is 4.79 Å².